The van der Waals surface area contributed by atoms with E-state index in [4.69, 9.17) is 9.63 Å². The van der Waals surface area contributed by atoms with E-state index in [1.54, 1.807) is 0 Å². The van der Waals surface area contributed by atoms with Gasteiger partial charge in [-0.25, -0.2) is 9.59 Å². The number of rotatable bonds is 4. The molecule has 1 aromatic rings. The highest BCUT2D eigenvalue weighted by Gasteiger charge is 2.38. The lowest BCUT2D eigenvalue weighted by molar-refractivity contribution is -0.141. The van der Waals surface area contributed by atoms with E-state index in [0.29, 0.717) is 12.3 Å². The van der Waals surface area contributed by atoms with Gasteiger partial charge in [0.2, 0.25) is 5.89 Å². The minimum absolute atomic E-state index is 0.0172. The summed E-state index contributed by atoms with van der Waals surface area (Å²) in [5.74, 6) is -0.736. The molecule has 3 N–H and O–H groups in total. The van der Waals surface area contributed by atoms with Crippen LogP contribution >= 0.6 is 0 Å². The Balaban J connectivity index is 1.83. The van der Waals surface area contributed by atoms with Crippen molar-refractivity contribution in [2.45, 2.75) is 25.0 Å². The minimum atomic E-state index is -1.12. The third kappa shape index (κ3) is 3.19. The summed E-state index contributed by atoms with van der Waals surface area (Å²) in [7, 11) is 0. The molecule has 0 bridgehead atoms. The molecule has 9 heteroatoms. The van der Waals surface area contributed by atoms with Gasteiger partial charge in [0.25, 0.3) is 0 Å². The first-order chi connectivity index (χ1) is 9.08. The normalized spacial score (nSPS) is 22.5. The molecule has 104 valence electrons. The summed E-state index contributed by atoms with van der Waals surface area (Å²) in [6.07, 6.45) is 0.864. The second-order valence-corrected chi connectivity index (χ2v) is 4.21. The predicted octanol–water partition coefficient (Wildman–Crippen LogP) is -1.16. The quantitative estimate of drug-likeness (QED) is 0.629. The first-order valence-corrected chi connectivity index (χ1v) is 5.79. The second kappa shape index (κ2) is 5.65. The Labute approximate surface area is 108 Å². The number of aromatic nitrogens is 2. The van der Waals surface area contributed by atoms with Crippen LogP contribution in [0.4, 0.5) is 4.79 Å². The molecule has 2 rings (SSSR count). The van der Waals surface area contributed by atoms with Crippen molar-refractivity contribution in [3.63, 3.8) is 0 Å². The van der Waals surface area contributed by atoms with Gasteiger partial charge in [0.15, 0.2) is 6.33 Å². The molecule has 1 saturated heterocycles. The number of aliphatic hydroxyl groups is 1. The number of urea groups is 1. The van der Waals surface area contributed by atoms with E-state index in [0.717, 1.165) is 4.90 Å². The van der Waals surface area contributed by atoms with Gasteiger partial charge < -0.3 is 25.0 Å². The molecule has 0 spiro atoms. The zero-order chi connectivity index (χ0) is 13.8. The number of nitrogens with zero attached hydrogens (tertiary/aromatic N) is 3. The summed E-state index contributed by atoms with van der Waals surface area (Å²) in [4.78, 5) is 27.7. The van der Waals surface area contributed by atoms with Gasteiger partial charge in [0, 0.05) is 25.9 Å². The maximum atomic E-state index is 11.8. The fraction of sp³-hybridized carbons (Fsp3) is 0.600. The number of carboxylic acid groups (broad SMARTS) is 1. The lowest BCUT2D eigenvalue weighted by atomic mass is 10.2. The Morgan fingerprint density at radius 1 is 1.58 bits per heavy atom. The summed E-state index contributed by atoms with van der Waals surface area (Å²) in [6, 6.07) is -1.51. The molecule has 2 atom stereocenters. The smallest absolute Gasteiger partial charge is 0.326 e. The van der Waals surface area contributed by atoms with Gasteiger partial charge >= 0.3 is 12.0 Å². The van der Waals surface area contributed by atoms with Crippen molar-refractivity contribution in [3.8, 4) is 0 Å². The van der Waals surface area contributed by atoms with Crippen LogP contribution in [0.5, 0.6) is 0 Å². The van der Waals surface area contributed by atoms with E-state index in [2.05, 4.69) is 15.5 Å². The van der Waals surface area contributed by atoms with Crippen molar-refractivity contribution < 1.29 is 24.3 Å². The summed E-state index contributed by atoms with van der Waals surface area (Å²) in [5.41, 5.74) is 0. The number of nitrogens with one attached hydrogen (secondary N) is 1. The molecule has 1 aliphatic heterocycles. The molecule has 2 heterocycles. The fourth-order valence-corrected chi connectivity index (χ4v) is 1.96. The molecule has 2 amide bonds. The Morgan fingerprint density at radius 3 is 3.00 bits per heavy atom. The number of carbonyl (C=O) groups excluding carboxylic acids is 1. The number of aliphatic hydroxyl groups excluding tert-OH is 1. The molecule has 19 heavy (non-hydrogen) atoms. The maximum Gasteiger partial charge on any atom is 0.326 e. The zero-order valence-electron chi connectivity index (χ0n) is 10.0. The number of amides is 2. The van der Waals surface area contributed by atoms with E-state index in [1.807, 2.05) is 0 Å². The number of likely N-dealkylation sites (tertiary alicyclic amines) is 1. The highest BCUT2D eigenvalue weighted by molar-refractivity contribution is 5.83. The van der Waals surface area contributed by atoms with Gasteiger partial charge in [-0.1, -0.05) is 5.16 Å². The molecule has 1 aliphatic rings. The van der Waals surface area contributed by atoms with Gasteiger partial charge in [-0.05, 0) is 0 Å². The Hall–Kier alpha value is -2.16. The number of hydrogen-bond donors (Lipinski definition) is 3. The van der Waals surface area contributed by atoms with E-state index in [9.17, 15) is 14.7 Å². The maximum absolute atomic E-state index is 11.8. The van der Waals surface area contributed by atoms with E-state index in [1.165, 1.54) is 6.33 Å². The van der Waals surface area contributed by atoms with Crippen molar-refractivity contribution in [3.05, 3.63) is 12.2 Å². The van der Waals surface area contributed by atoms with Crippen molar-refractivity contribution in [2.75, 3.05) is 13.1 Å². The van der Waals surface area contributed by atoms with Crippen LogP contribution in [-0.4, -0.2) is 62.5 Å². The minimum Gasteiger partial charge on any atom is -0.480 e. The van der Waals surface area contributed by atoms with Gasteiger partial charge in [-0.3, -0.25) is 0 Å². The van der Waals surface area contributed by atoms with E-state index in [-0.39, 0.29) is 19.5 Å². The van der Waals surface area contributed by atoms with Crippen LogP contribution in [0.25, 0.3) is 0 Å². The lowest BCUT2D eigenvalue weighted by Crippen LogP contribution is -2.46. The van der Waals surface area contributed by atoms with Gasteiger partial charge in [0.1, 0.15) is 6.04 Å². The Morgan fingerprint density at radius 2 is 2.37 bits per heavy atom. The summed E-state index contributed by atoms with van der Waals surface area (Å²) in [6.45, 7) is 0.267. The van der Waals surface area contributed by atoms with Gasteiger partial charge in [-0.2, -0.15) is 4.98 Å². The van der Waals surface area contributed by atoms with Crippen molar-refractivity contribution in [1.29, 1.82) is 0 Å². The van der Waals surface area contributed by atoms with Crippen LogP contribution in [-0.2, 0) is 11.2 Å². The topological polar surface area (TPSA) is 129 Å². The van der Waals surface area contributed by atoms with Gasteiger partial charge in [0.05, 0.1) is 6.10 Å². The first kappa shape index (κ1) is 13.3. The van der Waals surface area contributed by atoms with Crippen molar-refractivity contribution in [1.82, 2.24) is 20.4 Å². The van der Waals surface area contributed by atoms with Crippen LogP contribution in [0.1, 0.15) is 12.3 Å². The number of carbonyl (C=O) groups is 2. The number of hydrogen-bond acceptors (Lipinski definition) is 6. The number of β-amino-alcohol motifs (C(OH)–C–C–N with tert-alkyl or cyclic N) is 1. The highest BCUT2D eigenvalue weighted by Crippen LogP contribution is 2.17. The average molecular weight is 270 g/mol. The molecule has 0 saturated carbocycles. The number of carboxylic acids is 1. The summed E-state index contributed by atoms with van der Waals surface area (Å²) < 4.78 is 4.76. The molecule has 0 aliphatic carbocycles. The highest BCUT2D eigenvalue weighted by atomic mass is 16.5. The third-order valence-corrected chi connectivity index (χ3v) is 2.85. The molecular formula is C10H14N4O5. The Kier molecular flexibility index (Phi) is 3.95. The average Bonchev–Trinajstić information content (AvgIpc) is 2.98. The van der Waals surface area contributed by atoms with Gasteiger partial charge in [-0.15, -0.1) is 0 Å². The number of aliphatic carboxylic acids is 1. The Bertz CT molecular complexity index is 449. The largest absolute Gasteiger partial charge is 0.480 e. The van der Waals surface area contributed by atoms with E-state index < -0.39 is 24.1 Å². The SMILES string of the molecule is O=C(O)C1CC(O)CN1C(=O)NCCc1ncno1. The molecule has 9 nitrogen and oxygen atoms in total. The fourth-order valence-electron chi connectivity index (χ4n) is 1.96. The molecule has 0 aromatic carbocycles. The summed E-state index contributed by atoms with van der Waals surface area (Å²) in [5, 5.41) is 24.4. The third-order valence-electron chi connectivity index (χ3n) is 2.85. The van der Waals surface area contributed by atoms with Crippen molar-refractivity contribution in [2.24, 2.45) is 0 Å². The van der Waals surface area contributed by atoms with Crippen LogP contribution < -0.4 is 5.32 Å². The van der Waals surface area contributed by atoms with Crippen LogP contribution in [0.2, 0.25) is 0 Å². The van der Waals surface area contributed by atoms with Crippen LogP contribution in [0.3, 0.4) is 0 Å². The monoisotopic (exact) mass is 270 g/mol. The molecule has 2 unspecified atom stereocenters. The zero-order valence-corrected chi connectivity index (χ0v) is 10.0. The molecule has 0 radical (unpaired) electrons. The van der Waals surface area contributed by atoms with Crippen LogP contribution in [0, 0.1) is 0 Å². The lowest BCUT2D eigenvalue weighted by Gasteiger charge is -2.21. The standard InChI is InChI=1S/C10H14N4O5/c15-6-3-7(9(16)17)14(4-6)10(18)11-2-1-8-12-5-13-19-8/h5-7,15H,1-4H2,(H,11,18)(H,16,17). The molecule has 1 fully saturated rings. The first-order valence-electron chi connectivity index (χ1n) is 5.79. The van der Waals surface area contributed by atoms with E-state index >= 15 is 0 Å². The van der Waals surface area contributed by atoms with Crippen molar-refractivity contribution >= 4 is 12.0 Å². The second-order valence-electron chi connectivity index (χ2n) is 4.21. The molecule has 1 aromatic heterocycles. The molecular weight excluding hydrogens is 256 g/mol. The summed E-state index contributed by atoms with van der Waals surface area (Å²) >= 11 is 0. The predicted molar refractivity (Wildman–Crippen MR) is 60.2 cm³/mol. The van der Waals surface area contributed by atoms with Crippen LogP contribution in [0.15, 0.2) is 10.9 Å².